The summed E-state index contributed by atoms with van der Waals surface area (Å²) in [5.74, 6) is -1.84. The molecule has 0 rings (SSSR count). The normalized spacial score (nSPS) is 9.24. The molecule has 0 bridgehead atoms. The first-order chi connectivity index (χ1) is 9.54. The molecule has 0 aliphatic rings. The second kappa shape index (κ2) is 22.0. The SMILES string of the molecule is CCCCCCCC(=O)[O-].CCCCCCCC(=O)[O-].[Te+2]. The molecule has 0 heterocycles. The van der Waals surface area contributed by atoms with E-state index in [1.54, 1.807) is 0 Å². The van der Waals surface area contributed by atoms with Crippen molar-refractivity contribution in [3.05, 3.63) is 0 Å². The van der Waals surface area contributed by atoms with Crippen molar-refractivity contribution in [3.63, 3.8) is 0 Å². The molecule has 0 unspecified atom stereocenters. The van der Waals surface area contributed by atoms with Crippen LogP contribution in [-0.4, -0.2) is 35.6 Å². The van der Waals surface area contributed by atoms with E-state index in [0.717, 1.165) is 38.5 Å². The zero-order valence-corrected chi connectivity index (χ0v) is 15.9. The van der Waals surface area contributed by atoms with Gasteiger partial charge in [0, 0.05) is 11.9 Å². The quantitative estimate of drug-likeness (QED) is 0.361. The first-order valence-electron chi connectivity index (χ1n) is 7.94. The van der Waals surface area contributed by atoms with Crippen LogP contribution in [0.15, 0.2) is 0 Å². The van der Waals surface area contributed by atoms with E-state index in [1.165, 1.54) is 25.7 Å². The number of rotatable bonds is 12. The Kier molecular flexibility index (Phi) is 26.9. The monoisotopic (exact) mass is 416 g/mol. The van der Waals surface area contributed by atoms with Gasteiger partial charge < -0.3 is 19.8 Å². The van der Waals surface area contributed by atoms with E-state index in [2.05, 4.69) is 13.8 Å². The van der Waals surface area contributed by atoms with Crippen molar-refractivity contribution in [1.29, 1.82) is 0 Å². The molecule has 0 atom stereocenters. The van der Waals surface area contributed by atoms with Gasteiger partial charge in [-0.1, -0.05) is 65.2 Å². The topological polar surface area (TPSA) is 80.3 Å². The van der Waals surface area contributed by atoms with E-state index in [4.69, 9.17) is 0 Å². The number of aliphatic carboxylic acids is 2. The van der Waals surface area contributed by atoms with E-state index >= 15 is 0 Å². The molecule has 0 aliphatic heterocycles. The average Bonchev–Trinajstić information content (AvgIpc) is 2.38. The van der Waals surface area contributed by atoms with Gasteiger partial charge in [0.25, 0.3) is 0 Å². The Bertz CT molecular complexity index is 208. The Morgan fingerprint density at radius 1 is 0.619 bits per heavy atom. The molecule has 5 heteroatoms. The van der Waals surface area contributed by atoms with Crippen LogP contribution in [-0.2, 0) is 9.59 Å². The molecule has 0 aromatic rings. The molecule has 0 fully saturated rings. The number of carboxylic acid groups (broad SMARTS) is 2. The molecule has 0 aliphatic carbocycles. The Morgan fingerprint density at radius 2 is 0.905 bits per heavy atom. The van der Waals surface area contributed by atoms with Gasteiger partial charge in [0.1, 0.15) is 0 Å². The summed E-state index contributed by atoms with van der Waals surface area (Å²) in [6, 6.07) is 0. The van der Waals surface area contributed by atoms with Crippen LogP contribution < -0.4 is 10.2 Å². The standard InChI is InChI=1S/2C8H16O2.Te/c2*1-2-3-4-5-6-7-8(9)10;/h2*2-7H2,1H3,(H,9,10);/q;;+2/p-2. The zero-order valence-electron chi connectivity index (χ0n) is 13.5. The number of carbonyl (C=O) groups is 2. The smallest absolute Gasteiger partial charge is 0.550 e. The van der Waals surface area contributed by atoms with E-state index in [1.807, 2.05) is 0 Å². The summed E-state index contributed by atoms with van der Waals surface area (Å²) >= 11 is 0. The maximum atomic E-state index is 9.92. The van der Waals surface area contributed by atoms with Gasteiger partial charge in [0.15, 0.2) is 0 Å². The third-order valence-electron chi connectivity index (χ3n) is 2.97. The van der Waals surface area contributed by atoms with Gasteiger partial charge in [-0.3, -0.25) is 0 Å². The number of carboxylic acids is 2. The predicted octanol–water partition coefficient (Wildman–Crippen LogP) is 1.81. The Morgan fingerprint density at radius 3 is 1.14 bits per heavy atom. The fourth-order valence-corrected chi connectivity index (χ4v) is 1.75. The molecular formula is C16H30O4Te. The van der Waals surface area contributed by atoms with Crippen molar-refractivity contribution >= 4 is 35.6 Å². The zero-order chi connectivity index (χ0) is 15.6. The van der Waals surface area contributed by atoms with Crippen LogP contribution in [0.5, 0.6) is 0 Å². The van der Waals surface area contributed by atoms with Gasteiger partial charge in [0.2, 0.25) is 0 Å². The van der Waals surface area contributed by atoms with E-state index in [9.17, 15) is 19.8 Å². The second-order valence-electron chi connectivity index (χ2n) is 5.07. The minimum absolute atomic E-state index is 0. The van der Waals surface area contributed by atoms with Crippen molar-refractivity contribution in [2.45, 2.75) is 90.9 Å². The number of unbranched alkanes of at least 4 members (excludes halogenated alkanes) is 8. The minimum Gasteiger partial charge on any atom is -0.550 e. The third kappa shape index (κ3) is 32.9. The van der Waals surface area contributed by atoms with E-state index in [0.29, 0.717) is 0 Å². The van der Waals surface area contributed by atoms with Crippen LogP contribution in [0.1, 0.15) is 90.9 Å². The number of hydrogen-bond acceptors (Lipinski definition) is 4. The summed E-state index contributed by atoms with van der Waals surface area (Å²) in [5, 5.41) is 19.8. The van der Waals surface area contributed by atoms with Crippen molar-refractivity contribution in [2.75, 3.05) is 0 Å². The first kappa shape index (κ1) is 25.7. The molecule has 124 valence electrons. The summed E-state index contributed by atoms with van der Waals surface area (Å²) in [5.41, 5.74) is 0. The summed E-state index contributed by atoms with van der Waals surface area (Å²) in [4.78, 5) is 19.8. The molecule has 0 amide bonds. The molecular weight excluding hydrogens is 384 g/mol. The molecule has 0 saturated carbocycles. The van der Waals surface area contributed by atoms with E-state index in [-0.39, 0.29) is 36.5 Å². The molecule has 0 N–H and O–H groups in total. The molecule has 0 saturated heterocycles. The predicted molar refractivity (Wildman–Crippen MR) is 82.5 cm³/mol. The van der Waals surface area contributed by atoms with Gasteiger partial charge in [-0.2, -0.15) is 0 Å². The molecule has 4 radical (unpaired) electrons. The molecule has 21 heavy (non-hydrogen) atoms. The molecule has 4 nitrogen and oxygen atoms in total. The maximum Gasteiger partial charge on any atom is 2.00 e. The fourth-order valence-electron chi connectivity index (χ4n) is 1.75. The second-order valence-corrected chi connectivity index (χ2v) is 5.07. The van der Waals surface area contributed by atoms with Gasteiger partial charge in [-0.15, -0.1) is 0 Å². The van der Waals surface area contributed by atoms with Gasteiger partial charge in [-0.25, -0.2) is 0 Å². The Labute approximate surface area is 146 Å². The van der Waals surface area contributed by atoms with E-state index < -0.39 is 11.9 Å². The number of hydrogen-bond donors (Lipinski definition) is 0. The van der Waals surface area contributed by atoms with Crippen LogP contribution in [0.4, 0.5) is 0 Å². The third-order valence-corrected chi connectivity index (χ3v) is 2.97. The fraction of sp³-hybridized carbons (Fsp3) is 0.875. The summed E-state index contributed by atoms with van der Waals surface area (Å²) < 4.78 is 0. The minimum atomic E-state index is -0.920. The Hall–Kier alpha value is -0.270. The summed E-state index contributed by atoms with van der Waals surface area (Å²) in [6.45, 7) is 4.28. The first-order valence-corrected chi connectivity index (χ1v) is 7.94. The van der Waals surface area contributed by atoms with Crippen LogP contribution in [0, 0.1) is 0 Å². The summed E-state index contributed by atoms with van der Waals surface area (Å²) in [7, 11) is 0. The van der Waals surface area contributed by atoms with Crippen LogP contribution in [0.3, 0.4) is 0 Å². The summed E-state index contributed by atoms with van der Waals surface area (Å²) in [6.07, 6.45) is 11.2. The maximum absolute atomic E-state index is 9.92. The number of carbonyl (C=O) groups excluding carboxylic acids is 2. The molecule has 0 spiro atoms. The van der Waals surface area contributed by atoms with Gasteiger partial charge in [-0.05, 0) is 25.7 Å². The van der Waals surface area contributed by atoms with Crippen molar-refractivity contribution in [3.8, 4) is 0 Å². The van der Waals surface area contributed by atoms with Crippen molar-refractivity contribution in [2.24, 2.45) is 0 Å². The average molecular weight is 414 g/mol. The van der Waals surface area contributed by atoms with Gasteiger partial charge in [0.05, 0.1) is 0 Å². The van der Waals surface area contributed by atoms with Crippen LogP contribution in [0.25, 0.3) is 0 Å². The van der Waals surface area contributed by atoms with Crippen molar-refractivity contribution < 1.29 is 19.8 Å². The molecule has 0 aromatic heterocycles. The Balaban J connectivity index is -0.000000295. The van der Waals surface area contributed by atoms with Crippen LogP contribution in [0.2, 0.25) is 0 Å². The molecule has 0 aromatic carbocycles. The largest absolute Gasteiger partial charge is 2.00 e. The van der Waals surface area contributed by atoms with Gasteiger partial charge >= 0.3 is 23.7 Å². The van der Waals surface area contributed by atoms with Crippen molar-refractivity contribution in [1.82, 2.24) is 0 Å². The van der Waals surface area contributed by atoms with Crippen LogP contribution >= 0.6 is 0 Å².